The molecule has 0 fully saturated rings. The minimum atomic E-state index is -4.43. The van der Waals surface area contributed by atoms with Crippen LogP contribution in [0.1, 0.15) is 6.92 Å². The van der Waals surface area contributed by atoms with E-state index < -0.39 is 6.18 Å². The van der Waals surface area contributed by atoms with Crippen molar-refractivity contribution in [3.63, 3.8) is 0 Å². The summed E-state index contributed by atoms with van der Waals surface area (Å²) < 4.78 is 31.6. The maximum Gasteiger partial charge on any atom is 0.457 e. The van der Waals surface area contributed by atoms with Crippen LogP contribution in [0.15, 0.2) is 0 Å². The van der Waals surface area contributed by atoms with Crippen LogP contribution < -0.4 is 0 Å². The fraction of sp³-hybridized carbons (Fsp3) is 0.333. The van der Waals surface area contributed by atoms with Crippen LogP contribution in [0.4, 0.5) is 13.2 Å². The largest absolute Gasteiger partial charge is 0.457 e. The quantitative estimate of drug-likeness (QED) is 0.443. The second-order valence-electron chi connectivity index (χ2n) is 0.931. The lowest BCUT2D eigenvalue weighted by Gasteiger charge is -1.88. The highest BCUT2D eigenvalue weighted by atomic mass is 19.4. The molecule has 0 N–H and O–H groups in total. The summed E-state index contributed by atoms with van der Waals surface area (Å²) in [5, 5.41) is 0. The molecular formula is C6H5F3. The zero-order chi connectivity index (χ0) is 7.91. The Balaban J connectivity index is 0. The normalized spacial score (nSPS) is 7.78. The molecule has 0 aliphatic rings. The van der Waals surface area contributed by atoms with Crippen LogP contribution in [0.25, 0.3) is 0 Å². The van der Waals surface area contributed by atoms with Gasteiger partial charge in [0.25, 0.3) is 0 Å². The van der Waals surface area contributed by atoms with Gasteiger partial charge < -0.3 is 0 Å². The van der Waals surface area contributed by atoms with Gasteiger partial charge in [0, 0.05) is 5.92 Å². The average molecular weight is 134 g/mol. The van der Waals surface area contributed by atoms with Crippen molar-refractivity contribution >= 4 is 0 Å². The lowest BCUT2D eigenvalue weighted by molar-refractivity contribution is -0.0695. The van der Waals surface area contributed by atoms with E-state index in [2.05, 4.69) is 18.8 Å². The van der Waals surface area contributed by atoms with Crippen LogP contribution in [-0.4, -0.2) is 6.18 Å². The summed E-state index contributed by atoms with van der Waals surface area (Å²) in [6, 6.07) is 0. The Morgan fingerprint density at radius 1 is 1.22 bits per heavy atom. The SMILES string of the molecule is C#CC.C#CC(F)(F)F. The van der Waals surface area contributed by atoms with Crippen molar-refractivity contribution in [2.75, 3.05) is 0 Å². The third-order valence-electron chi connectivity index (χ3n) is 0.164. The Bertz CT molecular complexity index is 130. The highest BCUT2D eigenvalue weighted by Crippen LogP contribution is 2.10. The maximum absolute atomic E-state index is 10.5. The zero-order valence-electron chi connectivity index (χ0n) is 4.79. The summed E-state index contributed by atoms with van der Waals surface area (Å²) in [5.74, 6) is 2.85. The number of rotatable bonds is 0. The number of terminal acetylenes is 2. The molecule has 0 unspecified atom stereocenters. The number of hydrogen-bond donors (Lipinski definition) is 0. The van der Waals surface area contributed by atoms with Crippen molar-refractivity contribution < 1.29 is 13.2 Å². The predicted octanol–water partition coefficient (Wildman–Crippen LogP) is 1.82. The summed E-state index contributed by atoms with van der Waals surface area (Å²) in [4.78, 5) is 0. The fourth-order valence-corrected chi connectivity index (χ4v) is 0. The maximum atomic E-state index is 10.5. The van der Waals surface area contributed by atoms with Crippen molar-refractivity contribution in [1.29, 1.82) is 0 Å². The van der Waals surface area contributed by atoms with E-state index in [0.717, 1.165) is 0 Å². The first-order valence-corrected chi connectivity index (χ1v) is 1.89. The third kappa shape index (κ3) is 45.7. The van der Waals surface area contributed by atoms with Crippen molar-refractivity contribution in [3.05, 3.63) is 0 Å². The van der Waals surface area contributed by atoms with Crippen molar-refractivity contribution in [3.8, 4) is 24.7 Å². The lowest BCUT2D eigenvalue weighted by atomic mass is 10.7. The average Bonchev–Trinajstić information content (AvgIpc) is 1.67. The summed E-state index contributed by atoms with van der Waals surface area (Å²) in [5.41, 5.74) is 0. The number of alkyl halides is 3. The Kier molecular flexibility index (Phi) is 6.07. The van der Waals surface area contributed by atoms with Gasteiger partial charge >= 0.3 is 6.18 Å². The molecule has 0 amide bonds. The first-order chi connectivity index (χ1) is 3.97. The van der Waals surface area contributed by atoms with E-state index in [1.54, 1.807) is 6.92 Å². The van der Waals surface area contributed by atoms with Crippen molar-refractivity contribution in [2.45, 2.75) is 13.1 Å². The van der Waals surface area contributed by atoms with Crippen LogP contribution in [0, 0.1) is 24.7 Å². The zero-order valence-corrected chi connectivity index (χ0v) is 4.79. The molecule has 0 atom stereocenters. The van der Waals surface area contributed by atoms with Gasteiger partial charge in [0.15, 0.2) is 0 Å². The standard InChI is InChI=1S/C3HF3.C3H4/c1-2-3(4,5)6;1-3-2/h1H;1H,2H3. The Hall–Kier alpha value is -1.09. The molecule has 0 saturated carbocycles. The molecule has 0 aliphatic carbocycles. The molecule has 50 valence electrons. The van der Waals surface area contributed by atoms with Gasteiger partial charge in [-0.2, -0.15) is 13.2 Å². The molecule has 0 bridgehead atoms. The van der Waals surface area contributed by atoms with E-state index in [-0.39, 0.29) is 0 Å². The minimum Gasteiger partial charge on any atom is -0.159 e. The lowest BCUT2D eigenvalue weighted by Crippen LogP contribution is -1.99. The highest BCUT2D eigenvalue weighted by Gasteiger charge is 2.21. The minimum absolute atomic E-state index is 0.604. The predicted molar refractivity (Wildman–Crippen MR) is 29.4 cm³/mol. The third-order valence-corrected chi connectivity index (χ3v) is 0.164. The topological polar surface area (TPSA) is 0 Å². The van der Waals surface area contributed by atoms with Gasteiger partial charge in [-0.05, 0) is 6.92 Å². The van der Waals surface area contributed by atoms with Gasteiger partial charge in [-0.1, -0.05) is 0 Å². The molecule has 0 heterocycles. The summed E-state index contributed by atoms with van der Waals surface area (Å²) >= 11 is 0. The first-order valence-electron chi connectivity index (χ1n) is 1.89. The van der Waals surface area contributed by atoms with E-state index in [0.29, 0.717) is 5.92 Å². The smallest absolute Gasteiger partial charge is 0.159 e. The van der Waals surface area contributed by atoms with E-state index in [4.69, 9.17) is 0 Å². The van der Waals surface area contributed by atoms with Gasteiger partial charge in [0.05, 0.1) is 0 Å². The molecule has 0 aromatic rings. The monoisotopic (exact) mass is 134 g/mol. The van der Waals surface area contributed by atoms with Crippen molar-refractivity contribution in [1.82, 2.24) is 0 Å². The molecule has 0 aromatic carbocycles. The van der Waals surface area contributed by atoms with Gasteiger partial charge in [0.2, 0.25) is 0 Å². The second kappa shape index (κ2) is 5.05. The molecule has 0 spiro atoms. The van der Waals surface area contributed by atoms with Gasteiger partial charge in [-0.15, -0.1) is 18.8 Å². The molecule has 0 nitrogen and oxygen atoms in total. The molecule has 9 heavy (non-hydrogen) atoms. The number of halogens is 3. The van der Waals surface area contributed by atoms with Crippen molar-refractivity contribution in [2.24, 2.45) is 0 Å². The van der Waals surface area contributed by atoms with E-state index in [1.807, 2.05) is 0 Å². The Morgan fingerprint density at radius 2 is 1.33 bits per heavy atom. The Morgan fingerprint density at radius 3 is 1.33 bits per heavy atom. The summed E-state index contributed by atoms with van der Waals surface area (Å²) in [6.07, 6.45) is 4.10. The molecule has 0 aromatic heterocycles. The summed E-state index contributed by atoms with van der Waals surface area (Å²) in [7, 11) is 0. The van der Waals surface area contributed by atoms with Crippen LogP contribution in [0.5, 0.6) is 0 Å². The first kappa shape index (κ1) is 10.8. The van der Waals surface area contributed by atoms with E-state index >= 15 is 0 Å². The molecule has 0 rings (SSSR count). The van der Waals surface area contributed by atoms with E-state index in [9.17, 15) is 13.2 Å². The van der Waals surface area contributed by atoms with Gasteiger partial charge in [0.1, 0.15) is 0 Å². The Labute approximate surface area is 52.1 Å². The van der Waals surface area contributed by atoms with Gasteiger partial charge in [-0.3, -0.25) is 0 Å². The molecule has 0 aliphatic heterocycles. The van der Waals surface area contributed by atoms with Crippen LogP contribution in [-0.2, 0) is 0 Å². The molecule has 3 heteroatoms. The second-order valence-corrected chi connectivity index (χ2v) is 0.931. The molecule has 0 radical (unpaired) electrons. The van der Waals surface area contributed by atoms with Crippen LogP contribution in [0.3, 0.4) is 0 Å². The van der Waals surface area contributed by atoms with E-state index in [1.165, 1.54) is 0 Å². The number of hydrogen-bond acceptors (Lipinski definition) is 0. The molecule has 0 saturated heterocycles. The van der Waals surface area contributed by atoms with Crippen LogP contribution in [0.2, 0.25) is 0 Å². The summed E-state index contributed by atoms with van der Waals surface area (Å²) in [6.45, 7) is 1.65. The van der Waals surface area contributed by atoms with Gasteiger partial charge in [-0.25, -0.2) is 0 Å². The highest BCUT2D eigenvalue weighted by molar-refractivity contribution is 4.92. The fourth-order valence-electron chi connectivity index (χ4n) is 0. The van der Waals surface area contributed by atoms with Crippen LogP contribution >= 0.6 is 0 Å². The molecular weight excluding hydrogens is 129 g/mol.